The summed E-state index contributed by atoms with van der Waals surface area (Å²) in [5.41, 5.74) is 5.66. The molecular formula is C23H21FN4O2S. The maximum atomic E-state index is 14.7. The van der Waals surface area contributed by atoms with Gasteiger partial charge >= 0.3 is 0 Å². The van der Waals surface area contributed by atoms with Crippen LogP contribution in [-0.4, -0.2) is 46.0 Å². The predicted octanol–water partition coefficient (Wildman–Crippen LogP) is 4.23. The normalized spacial score (nSPS) is 20.0. The van der Waals surface area contributed by atoms with Gasteiger partial charge < -0.3 is 9.64 Å². The molecule has 0 N–H and O–H groups in total. The van der Waals surface area contributed by atoms with Gasteiger partial charge in [0.25, 0.3) is 5.91 Å². The molecule has 3 heterocycles. The molecule has 1 saturated heterocycles. The molecule has 5 rings (SSSR count). The lowest BCUT2D eigenvalue weighted by atomic mass is 9.99. The van der Waals surface area contributed by atoms with Crippen LogP contribution in [0.3, 0.4) is 0 Å². The molecule has 0 radical (unpaired) electrons. The van der Waals surface area contributed by atoms with Crippen molar-refractivity contribution in [2.45, 2.75) is 13.3 Å². The van der Waals surface area contributed by atoms with Crippen LogP contribution in [0.15, 0.2) is 41.4 Å². The molecule has 0 spiro atoms. The summed E-state index contributed by atoms with van der Waals surface area (Å²) in [5, 5.41) is 1.83. The van der Waals surface area contributed by atoms with Crippen molar-refractivity contribution < 1.29 is 13.9 Å². The van der Waals surface area contributed by atoms with E-state index in [0.29, 0.717) is 30.2 Å². The molecule has 2 unspecified atom stereocenters. The maximum Gasteiger partial charge on any atom is 0.257 e. The smallest absolute Gasteiger partial charge is 0.257 e. The van der Waals surface area contributed by atoms with Gasteiger partial charge in [0.15, 0.2) is 0 Å². The number of carbonyl (C=O) groups is 1. The topological polar surface area (TPSA) is 68.2 Å². The van der Waals surface area contributed by atoms with E-state index in [9.17, 15) is 9.18 Å². The number of benzene rings is 1. The largest absolute Gasteiger partial charge is 0.479 e. The van der Waals surface area contributed by atoms with E-state index < -0.39 is 5.82 Å². The third-order valence-electron chi connectivity index (χ3n) is 5.97. The number of hydrogen-bond donors (Lipinski definition) is 0. The average Bonchev–Trinajstić information content (AvgIpc) is 3.49. The lowest BCUT2D eigenvalue weighted by Gasteiger charge is -2.19. The standard InChI is InChI=1S/C23H21FN4O2S/c1-13-8-25-22(30-2)21(27-13)14-6-15-9-28(10-16(15)7-14)23(29)20-17(4-3-5-18(20)24)19-11-31-12-26-19/h3-6,8,11-12,15-16H,7,9-10H2,1-2H3. The molecule has 2 atom stereocenters. The minimum absolute atomic E-state index is 0.101. The Morgan fingerprint density at radius 1 is 1.29 bits per heavy atom. The third-order valence-corrected chi connectivity index (χ3v) is 6.56. The van der Waals surface area contributed by atoms with E-state index in [1.54, 1.807) is 35.8 Å². The molecule has 8 heteroatoms. The van der Waals surface area contributed by atoms with Crippen LogP contribution in [-0.2, 0) is 0 Å². The number of carbonyl (C=O) groups excluding carboxylic acids is 1. The van der Waals surface area contributed by atoms with Crippen molar-refractivity contribution in [1.29, 1.82) is 0 Å². The second-order valence-corrected chi connectivity index (χ2v) is 8.65. The van der Waals surface area contributed by atoms with Gasteiger partial charge in [0.1, 0.15) is 11.5 Å². The summed E-state index contributed by atoms with van der Waals surface area (Å²) in [6.45, 7) is 3.04. The fraction of sp³-hybridized carbons (Fsp3) is 0.304. The first-order valence-corrected chi connectivity index (χ1v) is 11.0. The summed E-state index contributed by atoms with van der Waals surface area (Å²) in [6.07, 6.45) is 4.65. The monoisotopic (exact) mass is 436 g/mol. The third kappa shape index (κ3) is 3.50. The van der Waals surface area contributed by atoms with Gasteiger partial charge in [-0.05, 0) is 36.8 Å². The highest BCUT2D eigenvalue weighted by Crippen LogP contribution is 2.43. The zero-order chi connectivity index (χ0) is 21.5. The van der Waals surface area contributed by atoms with E-state index in [4.69, 9.17) is 4.74 Å². The van der Waals surface area contributed by atoms with Gasteiger partial charge in [-0.25, -0.2) is 19.3 Å². The van der Waals surface area contributed by atoms with E-state index in [0.717, 1.165) is 23.4 Å². The Bertz CT molecular complexity index is 1180. The first-order valence-electron chi connectivity index (χ1n) is 10.1. The van der Waals surface area contributed by atoms with E-state index >= 15 is 0 Å². The van der Waals surface area contributed by atoms with Crippen molar-refractivity contribution in [1.82, 2.24) is 19.9 Å². The Morgan fingerprint density at radius 3 is 2.90 bits per heavy atom. The number of aryl methyl sites for hydroxylation is 1. The molecule has 0 saturated carbocycles. The molecule has 3 aromatic rings. The number of allylic oxidation sites excluding steroid dienone is 1. The van der Waals surface area contributed by atoms with Gasteiger partial charge in [-0.15, -0.1) is 11.3 Å². The number of rotatable bonds is 4. The first-order chi connectivity index (χ1) is 15.0. The zero-order valence-corrected chi connectivity index (χ0v) is 18.0. The van der Waals surface area contributed by atoms with E-state index in [1.807, 2.05) is 12.3 Å². The molecule has 6 nitrogen and oxygen atoms in total. The van der Waals surface area contributed by atoms with Crippen LogP contribution in [0.25, 0.3) is 16.8 Å². The fourth-order valence-corrected chi connectivity index (χ4v) is 5.09. The number of aromatic nitrogens is 3. The number of thiazole rings is 1. The minimum Gasteiger partial charge on any atom is -0.479 e. The number of likely N-dealkylation sites (tertiary alicyclic amines) is 1. The van der Waals surface area contributed by atoms with Crippen LogP contribution in [0.1, 0.15) is 28.2 Å². The van der Waals surface area contributed by atoms with Crippen molar-refractivity contribution in [3.05, 3.63) is 64.1 Å². The van der Waals surface area contributed by atoms with Crippen LogP contribution in [0.4, 0.5) is 4.39 Å². The van der Waals surface area contributed by atoms with Crippen molar-refractivity contribution in [2.24, 2.45) is 11.8 Å². The first kappa shape index (κ1) is 19.8. The second-order valence-electron chi connectivity index (χ2n) is 7.94. The number of amides is 1. The molecule has 1 fully saturated rings. The lowest BCUT2D eigenvalue weighted by Crippen LogP contribution is -2.30. The molecule has 2 aliphatic rings. The van der Waals surface area contributed by atoms with Crippen LogP contribution in [0.5, 0.6) is 5.88 Å². The number of hydrogen-bond acceptors (Lipinski definition) is 6. The molecule has 1 aliphatic carbocycles. The lowest BCUT2D eigenvalue weighted by molar-refractivity contribution is 0.0781. The van der Waals surface area contributed by atoms with Gasteiger partial charge in [0, 0.05) is 24.0 Å². The number of halogens is 1. The molecule has 1 aromatic carbocycles. The van der Waals surface area contributed by atoms with Crippen molar-refractivity contribution in [2.75, 3.05) is 20.2 Å². The Morgan fingerprint density at radius 2 is 2.16 bits per heavy atom. The van der Waals surface area contributed by atoms with E-state index in [1.165, 1.54) is 17.4 Å². The zero-order valence-electron chi connectivity index (χ0n) is 17.2. The molecule has 2 aromatic heterocycles. The summed E-state index contributed by atoms with van der Waals surface area (Å²) in [7, 11) is 1.59. The Kier molecular flexibility index (Phi) is 5.02. The maximum absolute atomic E-state index is 14.7. The van der Waals surface area contributed by atoms with Crippen molar-refractivity contribution in [3.63, 3.8) is 0 Å². The highest BCUT2D eigenvalue weighted by Gasteiger charge is 2.40. The van der Waals surface area contributed by atoms with Gasteiger partial charge in [0.05, 0.1) is 35.8 Å². The number of fused-ring (bicyclic) bond motifs is 1. The van der Waals surface area contributed by atoms with Gasteiger partial charge in [-0.3, -0.25) is 4.79 Å². The molecule has 31 heavy (non-hydrogen) atoms. The summed E-state index contributed by atoms with van der Waals surface area (Å²) in [5.74, 6) is 0.215. The van der Waals surface area contributed by atoms with E-state index in [-0.39, 0.29) is 23.3 Å². The highest BCUT2D eigenvalue weighted by molar-refractivity contribution is 7.07. The molecule has 0 bridgehead atoms. The molecular weight excluding hydrogens is 415 g/mol. The summed E-state index contributed by atoms with van der Waals surface area (Å²) < 4.78 is 20.1. The number of methoxy groups -OCH3 is 1. The summed E-state index contributed by atoms with van der Waals surface area (Å²) in [6, 6.07) is 4.70. The Balaban J connectivity index is 1.40. The minimum atomic E-state index is -0.511. The SMILES string of the molecule is COc1ncc(C)nc1C1=CC2CN(C(=O)c3c(F)cccc3-c3cscn3)CC2C1. The number of ether oxygens (including phenoxy) is 1. The fourth-order valence-electron chi connectivity index (χ4n) is 4.53. The predicted molar refractivity (Wildman–Crippen MR) is 116 cm³/mol. The molecule has 1 aliphatic heterocycles. The van der Waals surface area contributed by atoms with Crippen LogP contribution >= 0.6 is 11.3 Å². The Labute approximate surface area is 183 Å². The van der Waals surface area contributed by atoms with Crippen LogP contribution in [0, 0.1) is 24.6 Å². The summed E-state index contributed by atoms with van der Waals surface area (Å²) in [4.78, 5) is 28.3. The van der Waals surface area contributed by atoms with Crippen molar-refractivity contribution >= 4 is 22.8 Å². The van der Waals surface area contributed by atoms with Gasteiger partial charge in [0.2, 0.25) is 5.88 Å². The molecule has 158 valence electrons. The van der Waals surface area contributed by atoms with Crippen LogP contribution < -0.4 is 4.74 Å². The average molecular weight is 437 g/mol. The van der Waals surface area contributed by atoms with Crippen molar-refractivity contribution in [3.8, 4) is 17.1 Å². The summed E-state index contributed by atoms with van der Waals surface area (Å²) >= 11 is 1.42. The second kappa shape index (κ2) is 7.85. The van der Waals surface area contributed by atoms with E-state index in [2.05, 4.69) is 21.0 Å². The number of nitrogens with zero attached hydrogens (tertiary/aromatic N) is 4. The quantitative estimate of drug-likeness (QED) is 0.612. The molecule has 1 amide bonds. The van der Waals surface area contributed by atoms with Gasteiger partial charge in [-0.1, -0.05) is 18.2 Å². The highest BCUT2D eigenvalue weighted by atomic mass is 32.1. The Hall–Kier alpha value is -3.13. The van der Waals surface area contributed by atoms with Gasteiger partial charge in [-0.2, -0.15) is 0 Å². The van der Waals surface area contributed by atoms with Crippen LogP contribution in [0.2, 0.25) is 0 Å².